The molecule has 2 amide bonds. The zero-order chi connectivity index (χ0) is 21.1. The molecule has 2 N–H and O–H groups in total. The molecule has 0 radical (unpaired) electrons. The van der Waals surface area contributed by atoms with E-state index in [1.165, 1.54) is 33.2 Å². The van der Waals surface area contributed by atoms with Crippen LogP contribution in [0.5, 0.6) is 17.2 Å². The van der Waals surface area contributed by atoms with Crippen molar-refractivity contribution in [1.82, 2.24) is 5.32 Å². The first-order valence-electron chi connectivity index (χ1n) is 8.86. The normalized spacial score (nSPS) is 18.4. The third-order valence-corrected chi connectivity index (χ3v) is 5.04. The Hall–Kier alpha value is -2.97. The van der Waals surface area contributed by atoms with Gasteiger partial charge in [0.15, 0.2) is 11.5 Å². The van der Waals surface area contributed by atoms with Gasteiger partial charge in [-0.05, 0) is 13.3 Å². The fourth-order valence-corrected chi connectivity index (χ4v) is 3.02. The third kappa shape index (κ3) is 3.97. The van der Waals surface area contributed by atoms with Gasteiger partial charge in [0.2, 0.25) is 17.6 Å². The number of benzene rings is 1. The highest BCUT2D eigenvalue weighted by Gasteiger charge is 2.40. The van der Waals surface area contributed by atoms with Crippen LogP contribution in [0.2, 0.25) is 0 Å². The van der Waals surface area contributed by atoms with Crippen LogP contribution in [0.3, 0.4) is 0 Å². The number of ether oxygens (including phenoxy) is 3. The maximum atomic E-state index is 12.6. The largest absolute Gasteiger partial charge is 0.493 e. The van der Waals surface area contributed by atoms with E-state index in [-0.39, 0.29) is 25.3 Å². The van der Waals surface area contributed by atoms with Gasteiger partial charge in [0.1, 0.15) is 5.54 Å². The minimum absolute atomic E-state index is 0.0120. The molecule has 0 aromatic heterocycles. The highest BCUT2D eigenvalue weighted by molar-refractivity contribution is 6.01. The van der Waals surface area contributed by atoms with E-state index in [0.717, 1.165) is 0 Å². The maximum absolute atomic E-state index is 12.6. The fourth-order valence-electron chi connectivity index (χ4n) is 3.02. The first-order valence-corrected chi connectivity index (χ1v) is 8.86. The molecule has 1 saturated heterocycles. The monoisotopic (exact) mass is 394 g/mol. The second-order valence-electron chi connectivity index (χ2n) is 6.77. The predicted molar refractivity (Wildman–Crippen MR) is 101 cm³/mol. The van der Waals surface area contributed by atoms with Crippen molar-refractivity contribution in [2.24, 2.45) is 5.92 Å². The third-order valence-electron chi connectivity index (χ3n) is 5.04. The van der Waals surface area contributed by atoms with Gasteiger partial charge < -0.3 is 29.5 Å². The molecule has 0 aliphatic carbocycles. The van der Waals surface area contributed by atoms with Crippen LogP contribution in [0, 0.1) is 5.92 Å². The lowest BCUT2D eigenvalue weighted by Crippen LogP contribution is -2.53. The number of rotatable bonds is 8. The van der Waals surface area contributed by atoms with Crippen molar-refractivity contribution in [2.75, 3.05) is 32.8 Å². The van der Waals surface area contributed by atoms with E-state index in [4.69, 9.17) is 14.2 Å². The summed E-state index contributed by atoms with van der Waals surface area (Å²) < 4.78 is 15.9. The van der Waals surface area contributed by atoms with Crippen LogP contribution in [-0.2, 0) is 14.4 Å². The van der Waals surface area contributed by atoms with E-state index in [9.17, 15) is 19.5 Å². The minimum atomic E-state index is -1.37. The Morgan fingerprint density at radius 2 is 1.79 bits per heavy atom. The van der Waals surface area contributed by atoms with Crippen molar-refractivity contribution in [2.45, 2.75) is 32.2 Å². The second kappa shape index (κ2) is 8.37. The smallest absolute Gasteiger partial charge is 0.329 e. The van der Waals surface area contributed by atoms with Crippen molar-refractivity contribution in [3.05, 3.63) is 12.1 Å². The zero-order valence-corrected chi connectivity index (χ0v) is 16.7. The lowest BCUT2D eigenvalue weighted by Gasteiger charge is -2.26. The van der Waals surface area contributed by atoms with E-state index in [0.29, 0.717) is 22.9 Å². The molecule has 1 aromatic rings. The number of anilines is 1. The molecule has 154 valence electrons. The number of nitrogens with one attached hydrogen (secondary N) is 1. The molecule has 0 saturated carbocycles. The molecule has 28 heavy (non-hydrogen) atoms. The Labute approximate surface area is 163 Å². The molecule has 1 fully saturated rings. The molecule has 1 aliphatic heterocycles. The number of hydrogen-bond donors (Lipinski definition) is 2. The summed E-state index contributed by atoms with van der Waals surface area (Å²) in [5, 5.41) is 11.9. The number of amides is 2. The van der Waals surface area contributed by atoms with Gasteiger partial charge in [-0.25, -0.2) is 4.79 Å². The summed E-state index contributed by atoms with van der Waals surface area (Å²) in [6.45, 7) is 3.25. The first-order chi connectivity index (χ1) is 13.2. The summed E-state index contributed by atoms with van der Waals surface area (Å²) in [6, 6.07) is 3.26. The van der Waals surface area contributed by atoms with Crippen LogP contribution in [-0.4, -0.2) is 56.3 Å². The Bertz CT molecular complexity index is 755. The number of carboxylic acid groups (broad SMARTS) is 1. The van der Waals surface area contributed by atoms with Crippen LogP contribution >= 0.6 is 0 Å². The van der Waals surface area contributed by atoms with Crippen LogP contribution < -0.4 is 24.4 Å². The van der Waals surface area contributed by atoms with E-state index in [1.807, 2.05) is 0 Å². The number of carbonyl (C=O) groups excluding carboxylic acids is 2. The summed E-state index contributed by atoms with van der Waals surface area (Å²) in [5.74, 6) is -1.30. The SMILES string of the molecule is CCC(C)(NC(=O)C1CC(=O)N(c2cc(OC)c(OC)c(OC)c2)C1)C(=O)O. The fraction of sp³-hybridized carbons (Fsp3) is 0.526. The van der Waals surface area contributed by atoms with Gasteiger partial charge in [-0.15, -0.1) is 0 Å². The van der Waals surface area contributed by atoms with E-state index >= 15 is 0 Å². The molecule has 9 heteroatoms. The molecule has 2 rings (SSSR count). The van der Waals surface area contributed by atoms with Crippen LogP contribution in [0.1, 0.15) is 26.7 Å². The molecule has 1 aliphatic rings. The van der Waals surface area contributed by atoms with Gasteiger partial charge in [-0.1, -0.05) is 6.92 Å². The highest BCUT2D eigenvalue weighted by Crippen LogP contribution is 2.42. The Kier molecular flexibility index (Phi) is 6.37. The van der Waals surface area contributed by atoms with Crippen molar-refractivity contribution in [1.29, 1.82) is 0 Å². The molecule has 2 atom stereocenters. The lowest BCUT2D eigenvalue weighted by molar-refractivity contribution is -0.147. The lowest BCUT2D eigenvalue weighted by atomic mass is 9.97. The Balaban J connectivity index is 2.25. The van der Waals surface area contributed by atoms with Crippen molar-refractivity contribution >= 4 is 23.5 Å². The first kappa shape index (κ1) is 21.3. The van der Waals surface area contributed by atoms with Gasteiger partial charge in [-0.2, -0.15) is 0 Å². The van der Waals surface area contributed by atoms with E-state index in [2.05, 4.69) is 5.32 Å². The van der Waals surface area contributed by atoms with Crippen LogP contribution in [0.15, 0.2) is 12.1 Å². The minimum Gasteiger partial charge on any atom is -0.493 e. The predicted octanol–water partition coefficient (Wildman–Crippen LogP) is 1.43. The summed E-state index contributed by atoms with van der Waals surface area (Å²) in [5.41, 5.74) is -0.869. The summed E-state index contributed by atoms with van der Waals surface area (Å²) in [7, 11) is 4.43. The molecular weight excluding hydrogens is 368 g/mol. The highest BCUT2D eigenvalue weighted by atomic mass is 16.5. The van der Waals surface area contributed by atoms with Gasteiger partial charge >= 0.3 is 5.97 Å². The number of nitrogens with zero attached hydrogens (tertiary/aromatic N) is 1. The topological polar surface area (TPSA) is 114 Å². The summed E-state index contributed by atoms with van der Waals surface area (Å²) >= 11 is 0. The van der Waals surface area contributed by atoms with Gasteiger partial charge in [0.25, 0.3) is 0 Å². The summed E-state index contributed by atoms with van der Waals surface area (Å²) in [6.07, 6.45) is 0.216. The Morgan fingerprint density at radius 3 is 2.21 bits per heavy atom. The summed E-state index contributed by atoms with van der Waals surface area (Å²) in [4.78, 5) is 38.0. The molecule has 0 bridgehead atoms. The number of methoxy groups -OCH3 is 3. The van der Waals surface area contributed by atoms with E-state index < -0.39 is 23.3 Å². The zero-order valence-electron chi connectivity index (χ0n) is 16.7. The standard InChI is InChI=1S/C19H26N2O7/c1-6-19(2,18(24)25)20-17(23)11-7-15(22)21(10-11)12-8-13(26-3)16(28-5)14(9-12)27-4/h8-9,11H,6-7,10H2,1-5H3,(H,20,23)(H,24,25). The number of carbonyl (C=O) groups is 3. The molecule has 1 aromatic carbocycles. The van der Waals surface area contributed by atoms with Gasteiger partial charge in [0, 0.05) is 25.1 Å². The molecule has 0 spiro atoms. The van der Waals surface area contributed by atoms with Gasteiger partial charge in [0.05, 0.1) is 32.9 Å². The molecule has 1 heterocycles. The van der Waals surface area contributed by atoms with Gasteiger partial charge in [-0.3, -0.25) is 9.59 Å². The number of carboxylic acids is 1. The molecule has 9 nitrogen and oxygen atoms in total. The maximum Gasteiger partial charge on any atom is 0.329 e. The molecular formula is C19H26N2O7. The average Bonchev–Trinajstić information content (AvgIpc) is 3.08. The Morgan fingerprint density at radius 1 is 1.21 bits per heavy atom. The number of hydrogen-bond acceptors (Lipinski definition) is 6. The quantitative estimate of drug-likeness (QED) is 0.685. The van der Waals surface area contributed by atoms with Crippen molar-refractivity contribution in [3.63, 3.8) is 0 Å². The van der Waals surface area contributed by atoms with Crippen LogP contribution in [0.4, 0.5) is 5.69 Å². The number of aliphatic carboxylic acids is 1. The van der Waals surface area contributed by atoms with Crippen molar-refractivity contribution in [3.8, 4) is 17.2 Å². The average molecular weight is 394 g/mol. The second-order valence-corrected chi connectivity index (χ2v) is 6.77. The van der Waals surface area contributed by atoms with Crippen molar-refractivity contribution < 1.29 is 33.7 Å². The van der Waals surface area contributed by atoms with E-state index in [1.54, 1.807) is 19.1 Å². The van der Waals surface area contributed by atoms with Crippen LogP contribution in [0.25, 0.3) is 0 Å². The molecule has 2 unspecified atom stereocenters.